The second kappa shape index (κ2) is 7.08. The fourth-order valence-corrected chi connectivity index (χ4v) is 2.27. The van der Waals surface area contributed by atoms with Gasteiger partial charge in [0, 0.05) is 12.3 Å². The summed E-state index contributed by atoms with van der Waals surface area (Å²) in [4.78, 5) is 22.8. The van der Waals surface area contributed by atoms with Gasteiger partial charge in [0.15, 0.2) is 0 Å². The maximum atomic E-state index is 11.7. The summed E-state index contributed by atoms with van der Waals surface area (Å²) in [6, 6.07) is 7.86. The van der Waals surface area contributed by atoms with Crippen LogP contribution in [-0.4, -0.2) is 18.4 Å². The molecule has 1 aliphatic rings. The molecule has 0 aromatic heterocycles. The van der Waals surface area contributed by atoms with Crippen molar-refractivity contribution in [2.75, 3.05) is 6.61 Å². The van der Waals surface area contributed by atoms with E-state index in [1.165, 1.54) is 0 Å². The van der Waals surface area contributed by atoms with Gasteiger partial charge in [-0.1, -0.05) is 25.5 Å². The molecule has 0 radical (unpaired) electrons. The zero-order valence-corrected chi connectivity index (χ0v) is 11.9. The molecule has 2 rings (SSSR count). The number of piperidine rings is 1. The van der Waals surface area contributed by atoms with E-state index in [9.17, 15) is 9.59 Å². The van der Waals surface area contributed by atoms with E-state index in [2.05, 4.69) is 12.2 Å². The van der Waals surface area contributed by atoms with E-state index in [4.69, 9.17) is 4.74 Å². The first-order chi connectivity index (χ1) is 9.69. The van der Waals surface area contributed by atoms with Gasteiger partial charge in [0.2, 0.25) is 11.8 Å². The van der Waals surface area contributed by atoms with E-state index in [0.717, 1.165) is 30.8 Å². The lowest BCUT2D eigenvalue weighted by atomic mass is 9.91. The number of hydrogen-bond acceptors (Lipinski definition) is 3. The largest absolute Gasteiger partial charge is 0.494 e. The molecular weight excluding hydrogens is 254 g/mol. The highest BCUT2D eigenvalue weighted by molar-refractivity contribution is 5.98. The van der Waals surface area contributed by atoms with Gasteiger partial charge in [0.05, 0.1) is 6.61 Å². The van der Waals surface area contributed by atoms with Crippen molar-refractivity contribution >= 4 is 11.8 Å². The number of benzene rings is 1. The number of amides is 2. The van der Waals surface area contributed by atoms with Gasteiger partial charge in [-0.3, -0.25) is 14.9 Å². The molecule has 4 nitrogen and oxygen atoms in total. The van der Waals surface area contributed by atoms with Crippen molar-refractivity contribution in [2.24, 2.45) is 5.92 Å². The van der Waals surface area contributed by atoms with Gasteiger partial charge >= 0.3 is 0 Å². The summed E-state index contributed by atoms with van der Waals surface area (Å²) in [5.41, 5.74) is 1.10. The van der Waals surface area contributed by atoms with E-state index >= 15 is 0 Å². The van der Waals surface area contributed by atoms with Crippen molar-refractivity contribution in [1.82, 2.24) is 5.32 Å². The maximum absolute atomic E-state index is 11.7. The van der Waals surface area contributed by atoms with Gasteiger partial charge in [0.25, 0.3) is 0 Å². The van der Waals surface area contributed by atoms with E-state index in [-0.39, 0.29) is 17.7 Å². The molecule has 0 unspecified atom stereocenters. The van der Waals surface area contributed by atoms with Crippen LogP contribution in [0.5, 0.6) is 5.75 Å². The minimum Gasteiger partial charge on any atom is -0.494 e. The molecule has 1 atom stereocenters. The highest BCUT2D eigenvalue weighted by Crippen LogP contribution is 2.20. The lowest BCUT2D eigenvalue weighted by Crippen LogP contribution is -2.41. The molecule has 1 fully saturated rings. The lowest BCUT2D eigenvalue weighted by molar-refractivity contribution is -0.136. The monoisotopic (exact) mass is 275 g/mol. The van der Waals surface area contributed by atoms with Crippen LogP contribution in [0.1, 0.15) is 38.2 Å². The normalized spacial score (nSPS) is 18.8. The molecule has 108 valence electrons. The van der Waals surface area contributed by atoms with Crippen LogP contribution in [0.15, 0.2) is 24.3 Å². The second-order valence-corrected chi connectivity index (χ2v) is 5.20. The number of imide groups is 1. The van der Waals surface area contributed by atoms with Gasteiger partial charge in [-0.15, -0.1) is 0 Å². The topological polar surface area (TPSA) is 55.4 Å². The Hall–Kier alpha value is -1.84. The smallest absolute Gasteiger partial charge is 0.230 e. The van der Waals surface area contributed by atoms with Gasteiger partial charge in [-0.25, -0.2) is 0 Å². The minimum atomic E-state index is -0.161. The Labute approximate surface area is 119 Å². The third-order valence-electron chi connectivity index (χ3n) is 3.53. The fourth-order valence-electron chi connectivity index (χ4n) is 2.27. The van der Waals surface area contributed by atoms with Gasteiger partial charge < -0.3 is 4.74 Å². The van der Waals surface area contributed by atoms with Crippen molar-refractivity contribution in [2.45, 2.75) is 39.0 Å². The lowest BCUT2D eigenvalue weighted by Gasteiger charge is -2.20. The summed E-state index contributed by atoms with van der Waals surface area (Å²) >= 11 is 0. The number of hydrogen-bond donors (Lipinski definition) is 1. The zero-order chi connectivity index (χ0) is 14.4. The Morgan fingerprint density at radius 3 is 2.65 bits per heavy atom. The quantitative estimate of drug-likeness (QED) is 0.641. The van der Waals surface area contributed by atoms with Gasteiger partial charge in [-0.2, -0.15) is 0 Å². The molecule has 1 saturated heterocycles. The molecule has 1 aromatic carbocycles. The molecule has 2 amide bonds. The average molecular weight is 275 g/mol. The van der Waals surface area contributed by atoms with E-state index in [1.54, 1.807) is 0 Å². The number of carbonyl (C=O) groups is 2. The molecule has 1 aromatic rings. The molecule has 0 aliphatic carbocycles. The SMILES string of the molecule is CCCCOc1ccc(C[C@H]2CCC(=O)NC2=O)cc1. The predicted molar refractivity (Wildman–Crippen MR) is 76.4 cm³/mol. The van der Waals surface area contributed by atoms with Crippen LogP contribution >= 0.6 is 0 Å². The highest BCUT2D eigenvalue weighted by atomic mass is 16.5. The standard InChI is InChI=1S/C16H21NO3/c1-2-3-10-20-14-7-4-12(5-8-14)11-13-6-9-15(18)17-16(13)19/h4-5,7-8,13H,2-3,6,9-11H2,1H3,(H,17,18,19)/t13-/m1/s1. The molecule has 4 heteroatoms. The van der Waals surface area contributed by atoms with Crippen LogP contribution < -0.4 is 10.1 Å². The molecule has 1 aliphatic heterocycles. The summed E-state index contributed by atoms with van der Waals surface area (Å²) in [5.74, 6) is 0.459. The third-order valence-corrected chi connectivity index (χ3v) is 3.53. The Morgan fingerprint density at radius 2 is 2.00 bits per heavy atom. The summed E-state index contributed by atoms with van der Waals surface area (Å²) < 4.78 is 5.60. The molecular formula is C16H21NO3. The Morgan fingerprint density at radius 1 is 1.25 bits per heavy atom. The van der Waals surface area contributed by atoms with Crippen LogP contribution in [0.4, 0.5) is 0 Å². The molecule has 0 saturated carbocycles. The second-order valence-electron chi connectivity index (χ2n) is 5.20. The average Bonchev–Trinajstić information content (AvgIpc) is 2.44. The molecule has 1 N–H and O–H groups in total. The zero-order valence-electron chi connectivity index (χ0n) is 11.9. The number of nitrogens with one attached hydrogen (secondary N) is 1. The predicted octanol–water partition coefficient (Wildman–Crippen LogP) is 2.46. The first kappa shape index (κ1) is 14.6. The molecule has 0 spiro atoms. The summed E-state index contributed by atoms with van der Waals surface area (Å²) in [6.45, 7) is 2.87. The van der Waals surface area contributed by atoms with Crippen LogP contribution in [-0.2, 0) is 16.0 Å². The van der Waals surface area contributed by atoms with Crippen molar-refractivity contribution in [1.29, 1.82) is 0 Å². The molecule has 0 bridgehead atoms. The van der Waals surface area contributed by atoms with Crippen LogP contribution in [0.3, 0.4) is 0 Å². The Kier molecular flexibility index (Phi) is 5.16. The summed E-state index contributed by atoms with van der Waals surface area (Å²) in [7, 11) is 0. The fraction of sp³-hybridized carbons (Fsp3) is 0.500. The number of carbonyl (C=O) groups excluding carboxylic acids is 2. The first-order valence-electron chi connectivity index (χ1n) is 7.24. The van der Waals surface area contributed by atoms with Crippen LogP contribution in [0.25, 0.3) is 0 Å². The highest BCUT2D eigenvalue weighted by Gasteiger charge is 2.26. The van der Waals surface area contributed by atoms with E-state index in [0.29, 0.717) is 19.3 Å². The van der Waals surface area contributed by atoms with Gasteiger partial charge in [-0.05, 0) is 37.0 Å². The number of rotatable bonds is 6. The third kappa shape index (κ3) is 4.08. The minimum absolute atomic E-state index is 0.0976. The van der Waals surface area contributed by atoms with Crippen LogP contribution in [0.2, 0.25) is 0 Å². The maximum Gasteiger partial charge on any atom is 0.230 e. The van der Waals surface area contributed by atoms with E-state index in [1.807, 2.05) is 24.3 Å². The Balaban J connectivity index is 1.87. The molecule has 1 heterocycles. The van der Waals surface area contributed by atoms with Crippen molar-refractivity contribution < 1.29 is 14.3 Å². The van der Waals surface area contributed by atoms with Crippen molar-refractivity contribution in [3.63, 3.8) is 0 Å². The summed E-state index contributed by atoms with van der Waals surface area (Å²) in [5, 5.41) is 2.39. The van der Waals surface area contributed by atoms with Crippen LogP contribution in [0, 0.1) is 5.92 Å². The first-order valence-corrected chi connectivity index (χ1v) is 7.24. The summed E-state index contributed by atoms with van der Waals surface area (Å²) in [6.07, 6.45) is 3.92. The van der Waals surface area contributed by atoms with E-state index < -0.39 is 0 Å². The van der Waals surface area contributed by atoms with Crippen molar-refractivity contribution in [3.05, 3.63) is 29.8 Å². The number of ether oxygens (including phenoxy) is 1. The van der Waals surface area contributed by atoms with Gasteiger partial charge in [0.1, 0.15) is 5.75 Å². The number of unbranched alkanes of at least 4 members (excludes halogenated alkanes) is 1. The molecule has 20 heavy (non-hydrogen) atoms. The van der Waals surface area contributed by atoms with Crippen molar-refractivity contribution in [3.8, 4) is 5.75 Å². The Bertz CT molecular complexity index is 467.